The maximum Gasteiger partial charge on any atom is 0.336 e. The highest BCUT2D eigenvalue weighted by molar-refractivity contribution is 7.90. The third-order valence-corrected chi connectivity index (χ3v) is 6.18. The van der Waals surface area contributed by atoms with Crippen molar-refractivity contribution in [2.75, 3.05) is 11.9 Å². The second-order valence-corrected chi connectivity index (χ2v) is 8.01. The third kappa shape index (κ3) is 3.60. The number of nitrogens with zero attached hydrogens (tertiary/aromatic N) is 4. The lowest BCUT2D eigenvalue weighted by molar-refractivity contribution is -0.121. The largest absolute Gasteiger partial charge is 0.348 e. The molecule has 0 bridgehead atoms. The molecule has 0 aliphatic carbocycles. The Labute approximate surface area is 165 Å². The number of halogens is 1. The van der Waals surface area contributed by atoms with Crippen LogP contribution in [0.3, 0.4) is 0 Å². The van der Waals surface area contributed by atoms with Gasteiger partial charge in [0.15, 0.2) is 0 Å². The van der Waals surface area contributed by atoms with Crippen molar-refractivity contribution in [3.8, 4) is 6.07 Å². The first-order chi connectivity index (χ1) is 13.2. The average Bonchev–Trinajstić information content (AvgIpc) is 2.64. The molecule has 0 saturated carbocycles. The summed E-state index contributed by atoms with van der Waals surface area (Å²) in [5.74, 6) is -0.736. The first kappa shape index (κ1) is 19.5. The summed E-state index contributed by atoms with van der Waals surface area (Å²) in [6, 6.07) is 4.52. The molecule has 0 unspecified atom stereocenters. The van der Waals surface area contributed by atoms with Crippen LogP contribution in [-0.2, 0) is 14.8 Å². The number of urea groups is 1. The number of hydrogen-bond donors (Lipinski definition) is 2. The highest BCUT2D eigenvalue weighted by Gasteiger charge is 2.39. The lowest BCUT2D eigenvalue weighted by Gasteiger charge is -2.29. The standard InChI is InChI=1S/C16H13ClN6O4S/c1-9(10-6-19-13(5-18)20-7-10)21-14(24)8-23-16(25)22-12-4-2-3-11(17)15(12)28(23,26)27/h2-4,6-7,9H,8H2,1H3,(H,21,24)(H,22,25)/t9-/m1/s1. The predicted octanol–water partition coefficient (Wildman–Crippen LogP) is 1.42. The first-order valence-corrected chi connectivity index (χ1v) is 9.69. The molecule has 2 N–H and O–H groups in total. The fourth-order valence-corrected chi connectivity index (χ4v) is 4.49. The maximum absolute atomic E-state index is 12.7. The smallest absolute Gasteiger partial charge is 0.336 e. The monoisotopic (exact) mass is 420 g/mol. The maximum atomic E-state index is 12.7. The number of fused-ring (bicyclic) bond motifs is 1. The lowest BCUT2D eigenvalue weighted by atomic mass is 10.2. The molecular formula is C16H13ClN6O4S. The zero-order chi connectivity index (χ0) is 20.5. The van der Waals surface area contributed by atoms with Gasteiger partial charge in [-0.1, -0.05) is 17.7 Å². The van der Waals surface area contributed by atoms with Crippen molar-refractivity contribution in [3.63, 3.8) is 0 Å². The Morgan fingerprint density at radius 2 is 2.07 bits per heavy atom. The van der Waals surface area contributed by atoms with Crippen molar-refractivity contribution in [3.05, 3.63) is 47.0 Å². The van der Waals surface area contributed by atoms with Gasteiger partial charge in [-0.25, -0.2) is 27.5 Å². The van der Waals surface area contributed by atoms with E-state index in [-0.39, 0.29) is 21.4 Å². The van der Waals surface area contributed by atoms with E-state index in [1.807, 2.05) is 0 Å². The minimum absolute atomic E-state index is 0.0195. The van der Waals surface area contributed by atoms with Crippen LogP contribution in [0.4, 0.5) is 10.5 Å². The summed E-state index contributed by atoms with van der Waals surface area (Å²) < 4.78 is 25.9. The number of sulfonamides is 1. The number of benzene rings is 1. The van der Waals surface area contributed by atoms with Gasteiger partial charge in [0.05, 0.1) is 16.8 Å². The van der Waals surface area contributed by atoms with E-state index in [0.29, 0.717) is 9.87 Å². The second kappa shape index (κ2) is 7.41. The number of carbonyl (C=O) groups excluding carboxylic acids is 2. The van der Waals surface area contributed by atoms with Gasteiger partial charge in [0.25, 0.3) is 10.0 Å². The van der Waals surface area contributed by atoms with Crippen molar-refractivity contribution < 1.29 is 18.0 Å². The van der Waals surface area contributed by atoms with Crippen molar-refractivity contribution in [2.45, 2.75) is 17.9 Å². The van der Waals surface area contributed by atoms with E-state index in [4.69, 9.17) is 16.9 Å². The Hall–Kier alpha value is -3.23. The normalized spacial score (nSPS) is 15.8. The number of anilines is 1. The summed E-state index contributed by atoms with van der Waals surface area (Å²) in [4.78, 5) is 31.9. The zero-order valence-corrected chi connectivity index (χ0v) is 16.0. The SMILES string of the molecule is C[C@@H](NC(=O)CN1C(=O)Nc2cccc(Cl)c2S1(=O)=O)c1cnc(C#N)nc1. The van der Waals surface area contributed by atoms with E-state index in [2.05, 4.69) is 20.6 Å². The van der Waals surface area contributed by atoms with Crippen LogP contribution in [0.25, 0.3) is 0 Å². The van der Waals surface area contributed by atoms with Crippen molar-refractivity contribution >= 4 is 39.2 Å². The molecule has 1 aliphatic heterocycles. The van der Waals surface area contributed by atoms with Crippen LogP contribution < -0.4 is 10.6 Å². The summed E-state index contributed by atoms with van der Waals surface area (Å²) in [5.41, 5.74) is 0.559. The fourth-order valence-electron chi connectivity index (χ4n) is 2.54. The highest BCUT2D eigenvalue weighted by Crippen LogP contribution is 2.35. The van der Waals surface area contributed by atoms with Gasteiger partial charge >= 0.3 is 6.03 Å². The van der Waals surface area contributed by atoms with Crippen LogP contribution in [0.1, 0.15) is 24.4 Å². The lowest BCUT2D eigenvalue weighted by Crippen LogP contribution is -2.49. The second-order valence-electron chi connectivity index (χ2n) is 5.80. The van der Waals surface area contributed by atoms with Gasteiger partial charge in [0.2, 0.25) is 11.7 Å². The van der Waals surface area contributed by atoms with Crippen LogP contribution in [-0.4, -0.2) is 41.2 Å². The molecule has 2 heterocycles. The van der Waals surface area contributed by atoms with E-state index in [1.165, 1.54) is 30.6 Å². The van der Waals surface area contributed by atoms with E-state index in [9.17, 15) is 18.0 Å². The molecule has 2 aromatic rings. The van der Waals surface area contributed by atoms with Gasteiger partial charge in [-0.15, -0.1) is 0 Å². The molecule has 28 heavy (non-hydrogen) atoms. The van der Waals surface area contributed by atoms with E-state index >= 15 is 0 Å². The van der Waals surface area contributed by atoms with Crippen LogP contribution in [0, 0.1) is 11.3 Å². The zero-order valence-electron chi connectivity index (χ0n) is 14.4. The molecule has 1 aromatic heterocycles. The molecule has 0 radical (unpaired) electrons. The summed E-state index contributed by atoms with van der Waals surface area (Å²) in [6.45, 7) is 0.889. The minimum atomic E-state index is -4.30. The number of aromatic nitrogens is 2. The number of hydrogen-bond acceptors (Lipinski definition) is 7. The molecule has 0 fully saturated rings. The van der Waals surface area contributed by atoms with Gasteiger partial charge in [-0.3, -0.25) is 4.79 Å². The van der Waals surface area contributed by atoms with Crippen LogP contribution in [0.5, 0.6) is 0 Å². The van der Waals surface area contributed by atoms with Gasteiger partial charge < -0.3 is 10.6 Å². The Morgan fingerprint density at radius 1 is 1.39 bits per heavy atom. The summed E-state index contributed by atoms with van der Waals surface area (Å²) in [5, 5.41) is 13.6. The quantitative estimate of drug-likeness (QED) is 0.760. The van der Waals surface area contributed by atoms with Gasteiger partial charge in [-0.2, -0.15) is 5.26 Å². The number of amides is 3. The Bertz CT molecular complexity index is 1100. The van der Waals surface area contributed by atoms with E-state index < -0.39 is 34.5 Å². The molecule has 1 aromatic carbocycles. The van der Waals surface area contributed by atoms with Crippen LogP contribution in [0.15, 0.2) is 35.5 Å². The van der Waals surface area contributed by atoms with Crippen molar-refractivity contribution in [1.82, 2.24) is 19.6 Å². The molecule has 12 heteroatoms. The van der Waals surface area contributed by atoms with Crippen LogP contribution in [0.2, 0.25) is 5.02 Å². The summed E-state index contributed by atoms with van der Waals surface area (Å²) in [7, 11) is -4.30. The molecule has 144 valence electrons. The summed E-state index contributed by atoms with van der Waals surface area (Å²) >= 11 is 5.97. The number of nitriles is 1. The molecule has 3 amide bonds. The molecular weight excluding hydrogens is 408 g/mol. The third-order valence-electron chi connectivity index (χ3n) is 3.92. The van der Waals surface area contributed by atoms with Gasteiger partial charge in [0.1, 0.15) is 17.5 Å². The molecule has 3 rings (SSSR count). The topological polar surface area (TPSA) is 145 Å². The fraction of sp³-hybridized carbons (Fsp3) is 0.188. The Kier molecular flexibility index (Phi) is 5.17. The molecule has 0 spiro atoms. The van der Waals surface area contributed by atoms with Gasteiger partial charge in [-0.05, 0) is 19.1 Å². The highest BCUT2D eigenvalue weighted by atomic mass is 35.5. The molecule has 1 aliphatic rings. The number of rotatable bonds is 4. The Balaban J connectivity index is 1.77. The number of nitrogens with one attached hydrogen (secondary N) is 2. The van der Waals surface area contributed by atoms with Crippen molar-refractivity contribution in [2.24, 2.45) is 0 Å². The molecule has 0 saturated heterocycles. The summed E-state index contributed by atoms with van der Waals surface area (Å²) in [6.07, 6.45) is 2.74. The molecule has 1 atom stereocenters. The van der Waals surface area contributed by atoms with Crippen LogP contribution >= 0.6 is 11.6 Å². The van der Waals surface area contributed by atoms with Crippen molar-refractivity contribution in [1.29, 1.82) is 5.26 Å². The minimum Gasteiger partial charge on any atom is -0.348 e. The average molecular weight is 421 g/mol. The molecule has 10 nitrogen and oxygen atoms in total. The van der Waals surface area contributed by atoms with E-state index in [1.54, 1.807) is 13.0 Å². The Morgan fingerprint density at radius 3 is 2.71 bits per heavy atom. The first-order valence-electron chi connectivity index (χ1n) is 7.87. The van der Waals surface area contributed by atoms with E-state index in [0.717, 1.165) is 0 Å². The predicted molar refractivity (Wildman–Crippen MR) is 97.7 cm³/mol. The number of carbonyl (C=O) groups is 2. The van der Waals surface area contributed by atoms with Gasteiger partial charge in [0, 0.05) is 18.0 Å².